The Morgan fingerprint density at radius 3 is 2.88 bits per heavy atom. The van der Waals surface area contributed by atoms with E-state index in [9.17, 15) is 5.21 Å². The minimum Gasteiger partial charge on any atom is -0.494 e. The molecule has 0 saturated heterocycles. The van der Waals surface area contributed by atoms with E-state index in [2.05, 4.69) is 21.2 Å². The van der Waals surface area contributed by atoms with Crippen molar-refractivity contribution in [1.82, 2.24) is 9.97 Å². The molecule has 8 heteroatoms. The van der Waals surface area contributed by atoms with Gasteiger partial charge in [0, 0.05) is 34.7 Å². The molecule has 6 nitrogen and oxygen atoms in total. The van der Waals surface area contributed by atoms with Gasteiger partial charge in [0.2, 0.25) is 0 Å². The number of rotatable bonds is 6. The van der Waals surface area contributed by atoms with Crippen molar-refractivity contribution in [3.05, 3.63) is 83.4 Å². The maximum Gasteiger partial charge on any atom is 0.155 e. The first-order valence-corrected chi connectivity index (χ1v) is 10.8. The first kappa shape index (κ1) is 21.8. The molecule has 0 radical (unpaired) electrons. The van der Waals surface area contributed by atoms with E-state index < -0.39 is 0 Å². The Hall–Kier alpha value is -3.42. The third-order valence-electron chi connectivity index (χ3n) is 5.01. The molecule has 1 N–H and O–H groups in total. The Kier molecular flexibility index (Phi) is 6.68. The van der Waals surface area contributed by atoms with Crippen LogP contribution in [0.25, 0.3) is 32.5 Å². The van der Waals surface area contributed by atoms with Gasteiger partial charge in [-0.15, -0.1) is 23.7 Å². The highest BCUT2D eigenvalue weighted by Crippen LogP contribution is 2.27. The zero-order chi connectivity index (χ0) is 21.0. The molecule has 0 unspecified atom stereocenters. The molecule has 0 bridgehead atoms. The molecule has 0 amide bonds. The highest BCUT2D eigenvalue weighted by atomic mass is 35.5. The largest absolute Gasteiger partial charge is 0.494 e. The number of thiophene rings is 1. The predicted octanol–water partition coefficient (Wildman–Crippen LogP) is 5.83. The van der Waals surface area contributed by atoms with Gasteiger partial charge < -0.3 is 14.4 Å². The van der Waals surface area contributed by atoms with Crippen LogP contribution in [-0.4, -0.2) is 21.8 Å². The first-order chi connectivity index (χ1) is 15.3. The number of nitrogens with zero attached hydrogens (tertiary/aromatic N) is 3. The first-order valence-electron chi connectivity index (χ1n) is 9.91. The Morgan fingerprint density at radius 2 is 2.03 bits per heavy atom. The van der Waals surface area contributed by atoms with Gasteiger partial charge in [-0.05, 0) is 60.2 Å². The molecule has 0 saturated carbocycles. The molecule has 162 valence electrons. The molecule has 1 aromatic carbocycles. The van der Waals surface area contributed by atoms with Gasteiger partial charge in [0.05, 0.1) is 12.0 Å². The van der Waals surface area contributed by atoms with E-state index in [-0.39, 0.29) is 12.4 Å². The smallest absolute Gasteiger partial charge is 0.155 e. The summed E-state index contributed by atoms with van der Waals surface area (Å²) in [5.41, 5.74) is 2.48. The molecule has 0 aliphatic heterocycles. The molecule has 4 heterocycles. The monoisotopic (exact) mass is 465 g/mol. The van der Waals surface area contributed by atoms with Gasteiger partial charge in [0.15, 0.2) is 5.76 Å². The normalized spacial score (nSPS) is 11.6. The van der Waals surface area contributed by atoms with Gasteiger partial charge in [-0.25, -0.2) is 0 Å². The van der Waals surface area contributed by atoms with Crippen molar-refractivity contribution in [2.24, 2.45) is 5.16 Å². The summed E-state index contributed by atoms with van der Waals surface area (Å²) >= 11 is 1.65. The third-order valence-corrected chi connectivity index (χ3v) is 5.89. The molecular formula is C24H20ClN3O3S. The highest BCUT2D eigenvalue weighted by Gasteiger charge is 2.10. The van der Waals surface area contributed by atoms with Crippen molar-refractivity contribution < 1.29 is 14.4 Å². The highest BCUT2D eigenvalue weighted by molar-refractivity contribution is 7.17. The Labute approximate surface area is 194 Å². The number of halogens is 1. The molecule has 5 aromatic rings. The van der Waals surface area contributed by atoms with Gasteiger partial charge in [-0.3, -0.25) is 9.97 Å². The molecule has 0 atom stereocenters. The van der Waals surface area contributed by atoms with Crippen LogP contribution >= 0.6 is 23.7 Å². The molecular weight excluding hydrogens is 446 g/mol. The van der Waals surface area contributed by atoms with Crippen LogP contribution in [0.4, 0.5) is 0 Å². The maximum atomic E-state index is 9.59. The average Bonchev–Trinajstić information content (AvgIpc) is 3.30. The minimum absolute atomic E-state index is 0. The number of ether oxygens (including phenoxy) is 1. The summed E-state index contributed by atoms with van der Waals surface area (Å²) in [5, 5.41) is 17.3. The second kappa shape index (κ2) is 9.80. The maximum absolute atomic E-state index is 9.59. The van der Waals surface area contributed by atoms with Crippen LogP contribution in [0.3, 0.4) is 0 Å². The molecule has 0 fully saturated rings. The summed E-state index contributed by atoms with van der Waals surface area (Å²) in [6.07, 6.45) is 7.24. The summed E-state index contributed by atoms with van der Waals surface area (Å²) < 4.78 is 13.1. The summed E-state index contributed by atoms with van der Waals surface area (Å²) in [7, 11) is 0. The van der Waals surface area contributed by atoms with E-state index in [1.54, 1.807) is 23.6 Å². The number of benzene rings is 1. The zero-order valence-corrected chi connectivity index (χ0v) is 18.6. The Balaban J connectivity index is 0.00000245. The quantitative estimate of drug-likeness (QED) is 0.194. The number of aromatic nitrogens is 2. The van der Waals surface area contributed by atoms with Crippen LogP contribution in [0.1, 0.15) is 12.0 Å². The van der Waals surface area contributed by atoms with Gasteiger partial charge in [-0.1, -0.05) is 11.2 Å². The minimum atomic E-state index is 0. The second-order valence-electron chi connectivity index (χ2n) is 7.10. The van der Waals surface area contributed by atoms with Crippen LogP contribution in [0, 0.1) is 0 Å². The lowest BCUT2D eigenvalue weighted by Crippen LogP contribution is -2.05. The van der Waals surface area contributed by atoms with E-state index in [4.69, 9.17) is 9.15 Å². The van der Waals surface area contributed by atoms with Gasteiger partial charge in [0.1, 0.15) is 22.4 Å². The molecule has 0 spiro atoms. The topological polar surface area (TPSA) is 80.7 Å². The van der Waals surface area contributed by atoms with Gasteiger partial charge >= 0.3 is 0 Å². The van der Waals surface area contributed by atoms with E-state index in [0.29, 0.717) is 40.1 Å². The average molecular weight is 466 g/mol. The van der Waals surface area contributed by atoms with E-state index >= 15 is 0 Å². The van der Waals surface area contributed by atoms with Crippen molar-refractivity contribution in [3.63, 3.8) is 0 Å². The van der Waals surface area contributed by atoms with Crippen LogP contribution in [-0.2, 0) is 6.42 Å². The van der Waals surface area contributed by atoms with Gasteiger partial charge in [0.25, 0.3) is 0 Å². The molecule has 0 aliphatic rings. The summed E-state index contributed by atoms with van der Waals surface area (Å²) in [6, 6.07) is 15.2. The number of hydrogen-bond acceptors (Lipinski definition) is 7. The number of pyridine rings is 2. The lowest BCUT2D eigenvalue weighted by molar-refractivity contribution is 0.302. The lowest BCUT2D eigenvalue weighted by Gasteiger charge is -2.08. The number of aryl methyl sites for hydroxylation is 1. The molecule has 0 aliphatic carbocycles. The van der Waals surface area contributed by atoms with Gasteiger partial charge in [-0.2, -0.15) is 0 Å². The second-order valence-corrected chi connectivity index (χ2v) is 8.04. The number of fused-ring (bicyclic) bond motifs is 2. The van der Waals surface area contributed by atoms with Crippen molar-refractivity contribution in [2.45, 2.75) is 12.8 Å². The van der Waals surface area contributed by atoms with Crippen molar-refractivity contribution in [1.29, 1.82) is 0 Å². The SMILES string of the molecule is Cl.ON=c1cc(-c2cc3sccc3cn2)oc2ccc(OCCCc3cccnc3)cc12. The van der Waals surface area contributed by atoms with E-state index in [0.717, 1.165) is 22.9 Å². The Morgan fingerprint density at radius 1 is 1.09 bits per heavy atom. The van der Waals surface area contributed by atoms with Crippen LogP contribution < -0.4 is 10.1 Å². The molecule has 4 aromatic heterocycles. The predicted molar refractivity (Wildman–Crippen MR) is 127 cm³/mol. The molecule has 5 rings (SSSR count). The fourth-order valence-corrected chi connectivity index (χ4v) is 4.25. The van der Waals surface area contributed by atoms with Crippen LogP contribution in [0.15, 0.2) is 82.1 Å². The van der Waals surface area contributed by atoms with Crippen LogP contribution in [0.2, 0.25) is 0 Å². The summed E-state index contributed by atoms with van der Waals surface area (Å²) in [4.78, 5) is 8.61. The molecule has 32 heavy (non-hydrogen) atoms. The fourth-order valence-electron chi connectivity index (χ4n) is 3.45. The van der Waals surface area contributed by atoms with E-state index in [1.807, 2.05) is 54.2 Å². The zero-order valence-electron chi connectivity index (χ0n) is 17.0. The lowest BCUT2D eigenvalue weighted by atomic mass is 10.1. The van der Waals surface area contributed by atoms with Crippen molar-refractivity contribution >= 4 is 44.8 Å². The van der Waals surface area contributed by atoms with Crippen molar-refractivity contribution in [2.75, 3.05) is 6.61 Å². The van der Waals surface area contributed by atoms with Crippen LogP contribution in [0.5, 0.6) is 5.75 Å². The third kappa shape index (κ3) is 4.59. The summed E-state index contributed by atoms with van der Waals surface area (Å²) in [6.45, 7) is 0.575. The standard InChI is InChI=1S/C24H19N3O3S.ClH/c28-27-20-12-23(21-13-24-17(15-26-21)7-10-31-24)30-22-6-5-18(11-19(20)22)29-9-2-4-16-3-1-8-25-14-16;/h1,3,5-8,10-15,28H,2,4,9H2;1H. The summed E-state index contributed by atoms with van der Waals surface area (Å²) in [5.74, 6) is 1.24. The number of hydrogen-bond donors (Lipinski definition) is 1. The fraction of sp³-hybridized carbons (Fsp3) is 0.125. The van der Waals surface area contributed by atoms with Crippen molar-refractivity contribution in [3.8, 4) is 17.2 Å². The van der Waals surface area contributed by atoms with E-state index in [1.165, 1.54) is 5.56 Å². The Bertz CT molecular complexity index is 1420.